The van der Waals surface area contributed by atoms with Crippen molar-refractivity contribution in [2.24, 2.45) is 0 Å². The number of ether oxygens (including phenoxy) is 7. The highest BCUT2D eigenvalue weighted by molar-refractivity contribution is 7.09. The maximum absolute atomic E-state index is 5.63. The second-order valence-electron chi connectivity index (χ2n) is 6.22. The summed E-state index contributed by atoms with van der Waals surface area (Å²) in [6.07, 6.45) is 0. The van der Waals surface area contributed by atoms with E-state index in [0.29, 0.717) is 51.5 Å². The van der Waals surface area contributed by atoms with E-state index in [1.165, 1.54) is 11.5 Å². The van der Waals surface area contributed by atoms with Gasteiger partial charge in [-0.05, 0) is 35.8 Å². The van der Waals surface area contributed by atoms with Crippen molar-refractivity contribution in [2.45, 2.75) is 0 Å². The molecule has 0 bridgehead atoms. The monoisotopic (exact) mass is 447 g/mol. The fourth-order valence-electron chi connectivity index (χ4n) is 3.28. The lowest BCUT2D eigenvalue weighted by Gasteiger charge is -2.17. The molecule has 8 nitrogen and oxygen atoms in total. The Hall–Kier alpha value is -3.33. The molecule has 0 fully saturated rings. The molecule has 0 aliphatic rings. The van der Waals surface area contributed by atoms with Gasteiger partial charge < -0.3 is 33.2 Å². The molecule has 0 atom stereocenters. The van der Waals surface area contributed by atoms with Gasteiger partial charge in [-0.3, -0.25) is 0 Å². The van der Waals surface area contributed by atoms with Gasteiger partial charge in [0.25, 0.3) is 0 Å². The van der Waals surface area contributed by atoms with Crippen molar-refractivity contribution in [2.75, 3.05) is 49.8 Å². The molecule has 0 unspecified atom stereocenters. The van der Waals surface area contributed by atoms with E-state index in [-0.39, 0.29) is 0 Å². The lowest BCUT2D eigenvalue weighted by atomic mass is 10.1. The Bertz CT molecular complexity index is 1040. The second kappa shape index (κ2) is 9.65. The molecule has 166 valence electrons. The number of nitrogens with zero attached hydrogens (tertiary/aromatic N) is 1. The summed E-state index contributed by atoms with van der Waals surface area (Å²) >= 11 is 1.34. The maximum atomic E-state index is 5.63. The Morgan fingerprint density at radius 3 is 1.55 bits per heavy atom. The first kappa shape index (κ1) is 22.4. The molecular formula is C22H25NO7S. The Balaban J connectivity index is 2.15. The van der Waals surface area contributed by atoms with E-state index < -0.39 is 0 Å². The number of benzene rings is 2. The third-order valence-corrected chi connectivity index (χ3v) is 5.56. The Labute approximate surface area is 185 Å². The van der Waals surface area contributed by atoms with E-state index in [1.807, 2.05) is 24.3 Å². The van der Waals surface area contributed by atoms with Crippen molar-refractivity contribution in [3.8, 4) is 61.9 Å². The quantitative estimate of drug-likeness (QED) is 0.473. The largest absolute Gasteiger partial charge is 0.493 e. The predicted octanol–water partition coefficient (Wildman–Crippen LogP) is 4.54. The minimum absolute atomic E-state index is 0.432. The predicted molar refractivity (Wildman–Crippen MR) is 119 cm³/mol. The summed E-state index contributed by atoms with van der Waals surface area (Å²) in [7, 11) is 11.0. The summed E-state index contributed by atoms with van der Waals surface area (Å²) in [6.45, 7) is 0. The maximum Gasteiger partial charge on any atom is 0.207 e. The molecule has 2 aromatic carbocycles. The minimum atomic E-state index is 0.432. The van der Waals surface area contributed by atoms with Crippen molar-refractivity contribution in [1.29, 1.82) is 0 Å². The van der Waals surface area contributed by atoms with E-state index in [4.69, 9.17) is 33.2 Å². The van der Waals surface area contributed by atoms with Gasteiger partial charge >= 0.3 is 0 Å². The number of rotatable bonds is 9. The highest BCUT2D eigenvalue weighted by atomic mass is 32.1. The molecule has 0 spiro atoms. The van der Waals surface area contributed by atoms with Gasteiger partial charge in [-0.25, -0.2) is 0 Å². The summed E-state index contributed by atoms with van der Waals surface area (Å²) in [5.74, 6) is 3.56. The van der Waals surface area contributed by atoms with Crippen molar-refractivity contribution in [1.82, 2.24) is 4.37 Å². The van der Waals surface area contributed by atoms with Gasteiger partial charge in [0.2, 0.25) is 17.2 Å². The van der Waals surface area contributed by atoms with Gasteiger partial charge in [-0.2, -0.15) is 4.37 Å². The molecule has 1 aromatic heterocycles. The first-order valence-electron chi connectivity index (χ1n) is 9.21. The third-order valence-electron chi connectivity index (χ3n) is 4.72. The lowest BCUT2D eigenvalue weighted by Crippen LogP contribution is -1.99. The minimum Gasteiger partial charge on any atom is -0.493 e. The first-order chi connectivity index (χ1) is 15.1. The van der Waals surface area contributed by atoms with Crippen LogP contribution in [0.15, 0.2) is 24.3 Å². The summed E-state index contributed by atoms with van der Waals surface area (Å²) in [4.78, 5) is 0.907. The molecule has 0 saturated carbocycles. The topological polar surface area (TPSA) is 77.5 Å². The SMILES string of the molecule is COc1cc(-c2cc(-c3cc(OC)c(OC)c(OC)c3OC)ns2)cc(OC)c1OC. The van der Waals surface area contributed by atoms with E-state index >= 15 is 0 Å². The number of aromatic nitrogens is 1. The van der Waals surface area contributed by atoms with Gasteiger partial charge in [-0.15, -0.1) is 0 Å². The van der Waals surface area contributed by atoms with Crippen LogP contribution in [-0.4, -0.2) is 54.1 Å². The zero-order chi connectivity index (χ0) is 22.5. The molecular weight excluding hydrogens is 422 g/mol. The van der Waals surface area contributed by atoms with Gasteiger partial charge in [0.15, 0.2) is 23.0 Å². The highest BCUT2D eigenvalue weighted by Crippen LogP contribution is 2.50. The molecule has 9 heteroatoms. The van der Waals surface area contributed by atoms with E-state index in [9.17, 15) is 0 Å². The van der Waals surface area contributed by atoms with E-state index in [2.05, 4.69) is 4.37 Å². The van der Waals surface area contributed by atoms with Gasteiger partial charge in [-0.1, -0.05) is 0 Å². The van der Waals surface area contributed by atoms with Gasteiger partial charge in [0.05, 0.1) is 65.9 Å². The molecule has 0 amide bonds. The molecule has 3 rings (SSSR count). The number of methoxy groups -OCH3 is 7. The molecule has 0 aliphatic heterocycles. The average Bonchev–Trinajstić information content (AvgIpc) is 3.31. The van der Waals surface area contributed by atoms with Crippen LogP contribution in [0.3, 0.4) is 0 Å². The molecule has 0 N–H and O–H groups in total. The summed E-state index contributed by atoms with van der Waals surface area (Å²) in [6, 6.07) is 7.53. The summed E-state index contributed by atoms with van der Waals surface area (Å²) in [5, 5.41) is 0. The highest BCUT2D eigenvalue weighted by Gasteiger charge is 2.24. The van der Waals surface area contributed by atoms with Crippen LogP contribution >= 0.6 is 11.5 Å². The van der Waals surface area contributed by atoms with Crippen LogP contribution in [0.25, 0.3) is 21.7 Å². The smallest absolute Gasteiger partial charge is 0.207 e. The van der Waals surface area contributed by atoms with Crippen LogP contribution in [0, 0.1) is 0 Å². The van der Waals surface area contributed by atoms with Crippen molar-refractivity contribution >= 4 is 11.5 Å². The van der Waals surface area contributed by atoms with E-state index in [0.717, 1.165) is 10.4 Å². The number of hydrogen-bond acceptors (Lipinski definition) is 9. The molecule has 31 heavy (non-hydrogen) atoms. The van der Waals surface area contributed by atoms with Crippen LogP contribution in [0.4, 0.5) is 0 Å². The third kappa shape index (κ3) is 4.00. The Kier molecular flexibility index (Phi) is 6.96. The van der Waals surface area contributed by atoms with Crippen LogP contribution in [0.1, 0.15) is 0 Å². The zero-order valence-corrected chi connectivity index (χ0v) is 19.3. The standard InChI is InChI=1S/C22H25NO7S/c1-24-15-8-12(9-16(25-2)20(15)28-5)18-11-14(23-31-18)13-10-17(26-3)21(29-6)22(30-7)19(13)27-4/h8-11H,1-7H3. The van der Waals surface area contributed by atoms with Crippen molar-refractivity contribution in [3.05, 3.63) is 24.3 Å². The summed E-state index contributed by atoms with van der Waals surface area (Å²) < 4.78 is 43.1. The van der Waals surface area contributed by atoms with Crippen LogP contribution in [0.5, 0.6) is 40.2 Å². The van der Waals surface area contributed by atoms with Crippen LogP contribution in [0.2, 0.25) is 0 Å². The normalized spacial score (nSPS) is 10.4. The molecule has 1 heterocycles. The van der Waals surface area contributed by atoms with Gasteiger partial charge in [0, 0.05) is 5.56 Å². The molecule has 3 aromatic rings. The Morgan fingerprint density at radius 1 is 0.548 bits per heavy atom. The van der Waals surface area contributed by atoms with Crippen LogP contribution < -0.4 is 33.2 Å². The van der Waals surface area contributed by atoms with Crippen molar-refractivity contribution in [3.63, 3.8) is 0 Å². The molecule has 0 saturated heterocycles. The average molecular weight is 448 g/mol. The Morgan fingerprint density at radius 2 is 1.06 bits per heavy atom. The fraction of sp³-hybridized carbons (Fsp3) is 0.318. The van der Waals surface area contributed by atoms with Crippen LogP contribution in [-0.2, 0) is 0 Å². The van der Waals surface area contributed by atoms with E-state index in [1.54, 1.807) is 49.8 Å². The molecule has 0 aliphatic carbocycles. The summed E-state index contributed by atoms with van der Waals surface area (Å²) in [5.41, 5.74) is 2.29. The number of hydrogen-bond donors (Lipinski definition) is 0. The fourth-order valence-corrected chi connectivity index (χ4v) is 4.02. The van der Waals surface area contributed by atoms with Crippen molar-refractivity contribution < 1.29 is 33.2 Å². The van der Waals surface area contributed by atoms with Gasteiger partial charge in [0.1, 0.15) is 0 Å². The second-order valence-corrected chi connectivity index (χ2v) is 7.02. The molecule has 0 radical (unpaired) electrons. The zero-order valence-electron chi connectivity index (χ0n) is 18.5. The first-order valence-corrected chi connectivity index (χ1v) is 9.98. The lowest BCUT2D eigenvalue weighted by molar-refractivity contribution is 0.306.